The standard InChI is InChI=1S/C26H25ClFN7O4/c1-14-30-20-8-22(31-24(23(20)25(36)32(14)2)18-4-3-16(27)7-19(18)28)33-5-6-39-21(13-33)15-9-29-35(10-15)17-11-34(12-17)26(37)38/h3-4,7-10,17,21H,5-6,11-13H2,1-2H3,(H,37,38). The van der Waals surface area contributed by atoms with Crippen molar-refractivity contribution < 1.29 is 19.0 Å². The van der Waals surface area contributed by atoms with Crippen molar-refractivity contribution in [3.05, 3.63) is 69.2 Å². The minimum absolute atomic E-state index is 0.00884. The highest BCUT2D eigenvalue weighted by atomic mass is 35.5. The smallest absolute Gasteiger partial charge is 0.407 e. The van der Waals surface area contributed by atoms with E-state index in [2.05, 4.69) is 10.1 Å². The Kier molecular flexibility index (Phi) is 6.23. The molecule has 5 heterocycles. The number of amides is 1. The molecule has 0 aliphatic carbocycles. The first kappa shape index (κ1) is 25.3. The van der Waals surface area contributed by atoms with Gasteiger partial charge < -0.3 is 19.6 Å². The number of likely N-dealkylation sites (tertiary alicyclic amines) is 1. The number of hydrogen-bond acceptors (Lipinski definition) is 7. The molecule has 0 spiro atoms. The summed E-state index contributed by atoms with van der Waals surface area (Å²) in [6.45, 7) is 3.92. The molecule has 1 unspecified atom stereocenters. The van der Waals surface area contributed by atoms with E-state index in [9.17, 15) is 9.59 Å². The third-order valence-corrected chi connectivity index (χ3v) is 7.58. The fourth-order valence-electron chi connectivity index (χ4n) is 4.98. The quantitative estimate of drug-likeness (QED) is 0.408. The van der Waals surface area contributed by atoms with Gasteiger partial charge in [-0.05, 0) is 25.1 Å². The highest BCUT2D eigenvalue weighted by Gasteiger charge is 2.33. The fourth-order valence-corrected chi connectivity index (χ4v) is 5.14. The number of carbonyl (C=O) groups is 1. The van der Waals surface area contributed by atoms with Crippen molar-refractivity contribution in [1.29, 1.82) is 0 Å². The van der Waals surface area contributed by atoms with Crippen LogP contribution in [0, 0.1) is 12.7 Å². The first-order valence-corrected chi connectivity index (χ1v) is 12.8. The molecular weight excluding hydrogens is 529 g/mol. The molecule has 2 aliphatic rings. The van der Waals surface area contributed by atoms with E-state index >= 15 is 4.39 Å². The summed E-state index contributed by atoms with van der Waals surface area (Å²) in [7, 11) is 1.62. The average Bonchev–Trinajstić information content (AvgIpc) is 3.35. The summed E-state index contributed by atoms with van der Waals surface area (Å²) >= 11 is 5.99. The molecule has 1 amide bonds. The van der Waals surface area contributed by atoms with Crippen LogP contribution in [-0.2, 0) is 11.8 Å². The molecule has 0 bridgehead atoms. The number of carboxylic acid groups (broad SMARTS) is 1. The zero-order chi connectivity index (χ0) is 27.4. The lowest BCUT2D eigenvalue weighted by atomic mass is 10.1. The third-order valence-electron chi connectivity index (χ3n) is 7.35. The van der Waals surface area contributed by atoms with Crippen molar-refractivity contribution in [3.63, 3.8) is 0 Å². The number of hydrogen-bond donors (Lipinski definition) is 1. The number of rotatable bonds is 4. The van der Waals surface area contributed by atoms with Gasteiger partial charge in [-0.3, -0.25) is 14.0 Å². The Morgan fingerprint density at radius 3 is 2.74 bits per heavy atom. The summed E-state index contributed by atoms with van der Waals surface area (Å²) in [6.07, 6.45) is 2.37. The number of halogens is 2. The molecule has 0 radical (unpaired) electrons. The lowest BCUT2D eigenvalue weighted by Gasteiger charge is -2.37. The van der Waals surface area contributed by atoms with Crippen LogP contribution in [0.3, 0.4) is 0 Å². The zero-order valence-electron chi connectivity index (χ0n) is 21.2. The molecule has 13 heteroatoms. The molecule has 2 aliphatic heterocycles. The highest BCUT2D eigenvalue weighted by molar-refractivity contribution is 6.30. The van der Waals surface area contributed by atoms with Gasteiger partial charge in [0.1, 0.15) is 23.6 Å². The second-order valence-electron chi connectivity index (χ2n) is 9.77. The predicted molar refractivity (Wildman–Crippen MR) is 142 cm³/mol. The number of ether oxygens (including phenoxy) is 1. The molecule has 1 atom stereocenters. The molecule has 2 fully saturated rings. The normalized spacial score (nSPS) is 18.0. The highest BCUT2D eigenvalue weighted by Crippen LogP contribution is 2.33. The Morgan fingerprint density at radius 1 is 1.21 bits per heavy atom. The van der Waals surface area contributed by atoms with Gasteiger partial charge in [0.25, 0.3) is 5.56 Å². The van der Waals surface area contributed by atoms with Crippen molar-refractivity contribution in [2.75, 3.05) is 37.7 Å². The maximum atomic E-state index is 15.1. The Morgan fingerprint density at radius 2 is 2.00 bits per heavy atom. The fraction of sp³-hybridized carbons (Fsp3) is 0.346. The van der Waals surface area contributed by atoms with Crippen LogP contribution in [0.25, 0.3) is 22.2 Å². The Hall–Kier alpha value is -4.03. The van der Waals surface area contributed by atoms with E-state index in [1.165, 1.54) is 21.6 Å². The third kappa shape index (κ3) is 4.49. The minimum atomic E-state index is -0.937. The monoisotopic (exact) mass is 553 g/mol. The van der Waals surface area contributed by atoms with Crippen molar-refractivity contribution in [1.82, 2.24) is 29.2 Å². The predicted octanol–water partition coefficient (Wildman–Crippen LogP) is 3.41. The summed E-state index contributed by atoms with van der Waals surface area (Å²) < 4.78 is 24.3. The van der Waals surface area contributed by atoms with E-state index in [4.69, 9.17) is 26.4 Å². The number of aryl methyl sites for hydroxylation is 1. The van der Waals surface area contributed by atoms with E-state index in [1.807, 2.05) is 11.1 Å². The summed E-state index contributed by atoms with van der Waals surface area (Å²) in [5.74, 6) is 0.487. The van der Waals surface area contributed by atoms with E-state index in [0.29, 0.717) is 49.9 Å². The summed E-state index contributed by atoms with van der Waals surface area (Å²) in [5, 5.41) is 14.0. The van der Waals surface area contributed by atoms with Crippen LogP contribution < -0.4 is 10.5 Å². The van der Waals surface area contributed by atoms with Crippen molar-refractivity contribution in [2.24, 2.45) is 7.05 Å². The van der Waals surface area contributed by atoms with Crippen LogP contribution >= 0.6 is 11.6 Å². The van der Waals surface area contributed by atoms with Crippen molar-refractivity contribution in [2.45, 2.75) is 19.1 Å². The molecule has 202 valence electrons. The molecule has 11 nitrogen and oxygen atoms in total. The number of morpholine rings is 1. The van der Waals surface area contributed by atoms with Gasteiger partial charge in [0, 0.05) is 61.6 Å². The second kappa shape index (κ2) is 9.62. The van der Waals surface area contributed by atoms with Gasteiger partial charge in [-0.25, -0.2) is 19.2 Å². The number of pyridine rings is 1. The van der Waals surface area contributed by atoms with E-state index in [-0.39, 0.29) is 39.4 Å². The van der Waals surface area contributed by atoms with Crippen LogP contribution in [0.1, 0.15) is 23.5 Å². The summed E-state index contributed by atoms with van der Waals surface area (Å²) in [4.78, 5) is 37.1. The van der Waals surface area contributed by atoms with Crippen LogP contribution in [-0.4, -0.2) is 73.2 Å². The zero-order valence-corrected chi connectivity index (χ0v) is 22.0. The molecule has 1 aromatic carbocycles. The SMILES string of the molecule is Cc1nc2cc(N3CCOC(c4cnn(C5CN(C(=O)O)C5)c4)C3)nc(-c3ccc(Cl)cc3F)c2c(=O)n1C. The van der Waals surface area contributed by atoms with Gasteiger partial charge in [-0.2, -0.15) is 5.10 Å². The van der Waals surface area contributed by atoms with Gasteiger partial charge >= 0.3 is 6.09 Å². The second-order valence-corrected chi connectivity index (χ2v) is 10.2. The molecular formula is C26H25ClFN7O4. The van der Waals surface area contributed by atoms with Crippen molar-refractivity contribution in [3.8, 4) is 11.3 Å². The molecule has 2 saturated heterocycles. The molecule has 1 N–H and O–H groups in total. The summed E-state index contributed by atoms with van der Waals surface area (Å²) in [6, 6.07) is 6.02. The Bertz CT molecular complexity index is 1670. The number of benzene rings is 1. The molecule has 3 aromatic heterocycles. The van der Waals surface area contributed by atoms with Crippen LogP contribution in [0.15, 0.2) is 41.5 Å². The van der Waals surface area contributed by atoms with E-state index < -0.39 is 11.9 Å². The Labute approximate surface area is 227 Å². The average molecular weight is 554 g/mol. The lowest BCUT2D eigenvalue weighted by Crippen LogP contribution is -2.50. The number of aromatic nitrogens is 5. The lowest BCUT2D eigenvalue weighted by molar-refractivity contribution is 0.0392. The maximum Gasteiger partial charge on any atom is 0.407 e. The molecule has 39 heavy (non-hydrogen) atoms. The first-order valence-electron chi connectivity index (χ1n) is 12.4. The molecule has 0 saturated carbocycles. The minimum Gasteiger partial charge on any atom is -0.465 e. The van der Waals surface area contributed by atoms with Gasteiger partial charge in [0.15, 0.2) is 0 Å². The largest absolute Gasteiger partial charge is 0.465 e. The topological polar surface area (TPSA) is 119 Å². The van der Waals surface area contributed by atoms with Gasteiger partial charge in [-0.1, -0.05) is 11.6 Å². The Balaban J connectivity index is 1.35. The van der Waals surface area contributed by atoms with Gasteiger partial charge in [0.2, 0.25) is 0 Å². The van der Waals surface area contributed by atoms with E-state index in [0.717, 1.165) is 5.56 Å². The first-order chi connectivity index (χ1) is 18.7. The van der Waals surface area contributed by atoms with Crippen molar-refractivity contribution >= 4 is 34.4 Å². The summed E-state index contributed by atoms with van der Waals surface area (Å²) in [5.41, 5.74) is 1.34. The molecule has 6 rings (SSSR count). The number of fused-ring (bicyclic) bond motifs is 1. The molecule has 4 aromatic rings. The van der Waals surface area contributed by atoms with Crippen LogP contribution in [0.4, 0.5) is 15.0 Å². The van der Waals surface area contributed by atoms with E-state index in [1.54, 1.807) is 37.0 Å². The van der Waals surface area contributed by atoms with Crippen LogP contribution in [0.2, 0.25) is 5.02 Å². The number of nitrogens with zero attached hydrogens (tertiary/aromatic N) is 7. The number of anilines is 1. The van der Waals surface area contributed by atoms with Gasteiger partial charge in [-0.15, -0.1) is 0 Å². The van der Waals surface area contributed by atoms with Gasteiger partial charge in [0.05, 0.1) is 35.4 Å². The van der Waals surface area contributed by atoms with Crippen LogP contribution in [0.5, 0.6) is 0 Å². The maximum absolute atomic E-state index is 15.1.